The predicted octanol–water partition coefficient (Wildman–Crippen LogP) is 3.64. The topological polar surface area (TPSA) is 49.4 Å². The second-order valence-corrected chi connectivity index (χ2v) is 7.84. The fourth-order valence-corrected chi connectivity index (χ4v) is 3.93. The van der Waals surface area contributed by atoms with Gasteiger partial charge in [-0.25, -0.2) is 4.39 Å². The smallest absolute Gasteiger partial charge is 0.254 e. The van der Waals surface area contributed by atoms with Crippen LogP contribution in [0, 0.1) is 15.3 Å². The molecule has 142 valence electrons. The summed E-state index contributed by atoms with van der Waals surface area (Å²) >= 11 is 2.17. The summed E-state index contributed by atoms with van der Waals surface area (Å²) in [5.74, 6) is -0.315. The molecule has 0 aliphatic carbocycles. The van der Waals surface area contributed by atoms with Gasteiger partial charge in [-0.1, -0.05) is 30.3 Å². The average molecular weight is 480 g/mol. The van der Waals surface area contributed by atoms with Gasteiger partial charge in [0.2, 0.25) is 5.91 Å². The van der Waals surface area contributed by atoms with Crippen LogP contribution in [-0.4, -0.2) is 36.3 Å². The van der Waals surface area contributed by atoms with Crippen LogP contribution in [-0.2, 0) is 11.2 Å². The van der Waals surface area contributed by atoms with Crippen LogP contribution in [0.2, 0.25) is 0 Å². The summed E-state index contributed by atoms with van der Waals surface area (Å²) in [5.41, 5.74) is 1.32. The molecule has 0 atom stereocenters. The third kappa shape index (κ3) is 5.06. The summed E-state index contributed by atoms with van der Waals surface area (Å²) in [5, 5.41) is 2.90. The molecule has 6 heteroatoms. The molecule has 1 fully saturated rings. The van der Waals surface area contributed by atoms with E-state index in [9.17, 15) is 14.0 Å². The molecule has 0 bridgehead atoms. The van der Waals surface area contributed by atoms with Crippen LogP contribution < -0.4 is 5.32 Å². The Balaban J connectivity index is 1.46. The molecule has 1 N–H and O–H groups in total. The van der Waals surface area contributed by atoms with E-state index in [1.165, 1.54) is 6.07 Å². The molecule has 4 nitrogen and oxygen atoms in total. The number of likely N-dealkylation sites (tertiary alicyclic amines) is 1. The van der Waals surface area contributed by atoms with Crippen LogP contribution >= 0.6 is 22.6 Å². The van der Waals surface area contributed by atoms with Crippen molar-refractivity contribution in [3.05, 3.63) is 69.0 Å². The predicted molar refractivity (Wildman–Crippen MR) is 111 cm³/mol. The van der Waals surface area contributed by atoms with E-state index in [1.54, 1.807) is 18.2 Å². The molecule has 3 rings (SSSR count). The van der Waals surface area contributed by atoms with E-state index in [1.807, 2.05) is 29.2 Å². The number of carbonyl (C=O) groups excluding carboxylic acids is 2. The highest BCUT2D eigenvalue weighted by Crippen LogP contribution is 2.21. The first-order valence-electron chi connectivity index (χ1n) is 9.11. The second-order valence-electron chi connectivity index (χ2n) is 6.68. The van der Waals surface area contributed by atoms with E-state index in [0.29, 0.717) is 50.0 Å². The van der Waals surface area contributed by atoms with Gasteiger partial charge >= 0.3 is 0 Å². The average Bonchev–Trinajstić information content (AvgIpc) is 2.69. The molecule has 2 aromatic carbocycles. The van der Waals surface area contributed by atoms with Crippen LogP contribution in [0.1, 0.15) is 28.8 Å². The Labute approximate surface area is 172 Å². The van der Waals surface area contributed by atoms with E-state index in [-0.39, 0.29) is 23.5 Å². The van der Waals surface area contributed by atoms with Crippen molar-refractivity contribution in [2.75, 3.05) is 19.6 Å². The Kier molecular flexibility index (Phi) is 6.82. The Morgan fingerprint density at radius 3 is 2.44 bits per heavy atom. The number of benzene rings is 2. The summed E-state index contributed by atoms with van der Waals surface area (Å²) < 4.78 is 14.5. The van der Waals surface area contributed by atoms with Crippen molar-refractivity contribution in [1.82, 2.24) is 10.2 Å². The summed E-state index contributed by atoms with van der Waals surface area (Å²) in [4.78, 5) is 26.8. The maximum Gasteiger partial charge on any atom is 0.254 e. The highest BCUT2D eigenvalue weighted by Gasteiger charge is 2.28. The number of amides is 2. The van der Waals surface area contributed by atoms with E-state index in [4.69, 9.17) is 0 Å². The molecule has 2 amide bonds. The van der Waals surface area contributed by atoms with Crippen LogP contribution in [0.3, 0.4) is 0 Å². The van der Waals surface area contributed by atoms with Crippen molar-refractivity contribution >= 4 is 34.4 Å². The minimum absolute atomic E-state index is 0.00673. The molecular formula is C21H22FIN2O2. The summed E-state index contributed by atoms with van der Waals surface area (Å²) in [6, 6.07) is 14.1. The van der Waals surface area contributed by atoms with Crippen molar-refractivity contribution in [3.8, 4) is 0 Å². The second kappa shape index (κ2) is 9.30. The molecule has 1 aliphatic rings. The number of nitrogens with one attached hydrogen (secondary N) is 1. The Bertz CT molecular complexity index is 819. The standard InChI is InChI=1S/C21H22FIN2O2/c22-18-7-3-1-5-15(18)9-12-24-20(26)16-10-13-25(14-11-16)21(27)17-6-2-4-8-19(17)23/h1-8,16H,9-14H2,(H,24,26). The number of carbonyl (C=O) groups is 2. The van der Waals surface area contributed by atoms with Gasteiger partial charge in [0.05, 0.1) is 5.56 Å². The number of piperidine rings is 1. The van der Waals surface area contributed by atoms with E-state index in [0.717, 1.165) is 3.57 Å². The quantitative estimate of drug-likeness (QED) is 0.665. The van der Waals surface area contributed by atoms with Gasteiger partial charge in [-0.05, 0) is 65.6 Å². The Hall–Kier alpha value is -1.96. The van der Waals surface area contributed by atoms with Crippen molar-refractivity contribution in [3.63, 3.8) is 0 Å². The minimum atomic E-state index is -0.242. The van der Waals surface area contributed by atoms with Crippen LogP contribution in [0.15, 0.2) is 48.5 Å². The van der Waals surface area contributed by atoms with E-state index >= 15 is 0 Å². The van der Waals surface area contributed by atoms with Gasteiger partial charge in [-0.2, -0.15) is 0 Å². The summed E-state index contributed by atoms with van der Waals surface area (Å²) in [7, 11) is 0. The van der Waals surface area contributed by atoms with Gasteiger partial charge in [-0.15, -0.1) is 0 Å². The number of hydrogen-bond acceptors (Lipinski definition) is 2. The number of hydrogen-bond donors (Lipinski definition) is 1. The number of rotatable bonds is 5. The first kappa shape index (κ1) is 19.8. The number of nitrogens with zero attached hydrogens (tertiary/aromatic N) is 1. The number of halogens is 2. The summed E-state index contributed by atoms with van der Waals surface area (Å²) in [6.45, 7) is 1.57. The molecule has 0 spiro atoms. The normalized spacial score (nSPS) is 14.8. The van der Waals surface area contributed by atoms with Crippen LogP contribution in [0.25, 0.3) is 0 Å². The Morgan fingerprint density at radius 1 is 1.07 bits per heavy atom. The van der Waals surface area contributed by atoms with Gasteiger partial charge in [0.15, 0.2) is 0 Å². The van der Waals surface area contributed by atoms with E-state index in [2.05, 4.69) is 27.9 Å². The lowest BCUT2D eigenvalue weighted by molar-refractivity contribution is -0.126. The highest BCUT2D eigenvalue weighted by molar-refractivity contribution is 14.1. The lowest BCUT2D eigenvalue weighted by Gasteiger charge is -2.31. The fourth-order valence-electron chi connectivity index (χ4n) is 3.32. The molecule has 1 saturated heterocycles. The zero-order chi connectivity index (χ0) is 19.2. The molecule has 2 aromatic rings. The van der Waals surface area contributed by atoms with Gasteiger partial charge in [0.25, 0.3) is 5.91 Å². The molecule has 27 heavy (non-hydrogen) atoms. The Morgan fingerprint density at radius 2 is 1.74 bits per heavy atom. The van der Waals surface area contributed by atoms with Crippen molar-refractivity contribution in [2.24, 2.45) is 5.92 Å². The molecule has 1 heterocycles. The van der Waals surface area contributed by atoms with Crippen molar-refractivity contribution in [2.45, 2.75) is 19.3 Å². The first-order chi connectivity index (χ1) is 13.1. The third-order valence-corrected chi connectivity index (χ3v) is 5.85. The zero-order valence-corrected chi connectivity index (χ0v) is 17.1. The van der Waals surface area contributed by atoms with Gasteiger partial charge < -0.3 is 10.2 Å². The lowest BCUT2D eigenvalue weighted by Crippen LogP contribution is -2.43. The van der Waals surface area contributed by atoms with Crippen LogP contribution in [0.5, 0.6) is 0 Å². The van der Waals surface area contributed by atoms with Crippen LogP contribution in [0.4, 0.5) is 4.39 Å². The molecule has 1 aliphatic heterocycles. The molecular weight excluding hydrogens is 458 g/mol. The molecule has 0 unspecified atom stereocenters. The maximum atomic E-state index is 13.6. The first-order valence-corrected chi connectivity index (χ1v) is 10.2. The largest absolute Gasteiger partial charge is 0.356 e. The minimum Gasteiger partial charge on any atom is -0.356 e. The summed E-state index contributed by atoms with van der Waals surface area (Å²) in [6.07, 6.45) is 1.78. The van der Waals surface area contributed by atoms with Gasteiger partial charge in [0, 0.05) is 29.1 Å². The zero-order valence-electron chi connectivity index (χ0n) is 15.0. The van der Waals surface area contributed by atoms with Gasteiger partial charge in [0.1, 0.15) is 5.82 Å². The third-order valence-electron chi connectivity index (χ3n) is 4.91. The fraction of sp³-hybridized carbons (Fsp3) is 0.333. The van der Waals surface area contributed by atoms with E-state index < -0.39 is 0 Å². The monoisotopic (exact) mass is 480 g/mol. The van der Waals surface area contributed by atoms with Crippen molar-refractivity contribution in [1.29, 1.82) is 0 Å². The van der Waals surface area contributed by atoms with Gasteiger partial charge in [-0.3, -0.25) is 9.59 Å². The maximum absolute atomic E-state index is 13.6. The highest BCUT2D eigenvalue weighted by atomic mass is 127. The lowest BCUT2D eigenvalue weighted by atomic mass is 9.95. The molecule has 0 radical (unpaired) electrons. The van der Waals surface area contributed by atoms with Crippen molar-refractivity contribution < 1.29 is 14.0 Å². The molecule has 0 saturated carbocycles. The molecule has 0 aromatic heterocycles. The SMILES string of the molecule is O=C(NCCc1ccccc1F)C1CCN(C(=O)c2ccccc2I)CC1.